The van der Waals surface area contributed by atoms with E-state index in [0.29, 0.717) is 46.3 Å². The molecule has 48 heavy (non-hydrogen) atoms. The summed E-state index contributed by atoms with van der Waals surface area (Å²) in [4.78, 5) is 0.863. The minimum Gasteiger partial charge on any atom is -0.393 e. The fraction of sp³-hybridized carbons (Fsp3) is 0.659. The largest absolute Gasteiger partial charge is 0.393 e. The standard InChI is InChI=1S/C41H58O5S2/c1-27-10-15-32(16-11-27)47(43,44)26-29(3)8-7-9-30(4)39-38(42)25-37-35-19-14-31-24-34(48(45,46)33-17-12-28(2)13-18-33)20-22-40(31,5)36(35)21-23-41(37,39)6/h10-18,29-30,34-39,42H,7-9,19-26H2,1-6H3/t29?,30-,34?,35-,36+,37+,38+,39+,40+,41+/m1/s1. The second-order valence-electron chi connectivity index (χ2n) is 17.0. The lowest BCUT2D eigenvalue weighted by Gasteiger charge is -2.58. The number of hydrogen-bond donors (Lipinski definition) is 1. The maximum absolute atomic E-state index is 13.6. The summed E-state index contributed by atoms with van der Waals surface area (Å²) in [7, 11) is -6.68. The van der Waals surface area contributed by atoms with E-state index in [9.17, 15) is 21.9 Å². The Balaban J connectivity index is 1.09. The van der Waals surface area contributed by atoms with Gasteiger partial charge in [0.25, 0.3) is 0 Å². The van der Waals surface area contributed by atoms with Crippen molar-refractivity contribution >= 4 is 19.7 Å². The number of aliphatic hydroxyl groups excluding tert-OH is 1. The Morgan fingerprint density at radius 2 is 1.46 bits per heavy atom. The lowest BCUT2D eigenvalue weighted by Crippen LogP contribution is -2.51. The van der Waals surface area contributed by atoms with E-state index in [2.05, 4.69) is 33.8 Å². The molecule has 2 aromatic carbocycles. The third kappa shape index (κ3) is 6.50. The van der Waals surface area contributed by atoms with E-state index in [4.69, 9.17) is 0 Å². The van der Waals surface area contributed by atoms with Gasteiger partial charge in [-0.1, -0.05) is 87.6 Å². The van der Waals surface area contributed by atoms with Crippen LogP contribution in [0, 0.1) is 60.2 Å². The molecule has 10 atom stereocenters. The van der Waals surface area contributed by atoms with E-state index in [1.54, 1.807) is 24.3 Å². The van der Waals surface area contributed by atoms with Crippen LogP contribution in [0.5, 0.6) is 0 Å². The van der Waals surface area contributed by atoms with Crippen molar-refractivity contribution in [3.05, 3.63) is 71.3 Å². The van der Waals surface area contributed by atoms with Crippen molar-refractivity contribution in [1.29, 1.82) is 0 Å². The molecule has 0 saturated heterocycles. The molecule has 0 aliphatic heterocycles. The summed E-state index contributed by atoms with van der Waals surface area (Å²) in [6.45, 7) is 13.2. The van der Waals surface area contributed by atoms with Gasteiger partial charge in [0, 0.05) is 0 Å². The van der Waals surface area contributed by atoms with Gasteiger partial charge in [0.05, 0.1) is 26.9 Å². The highest BCUT2D eigenvalue weighted by Gasteiger charge is 2.61. The summed E-state index contributed by atoms with van der Waals surface area (Å²) in [6.07, 6.45) is 11.3. The summed E-state index contributed by atoms with van der Waals surface area (Å²) in [5, 5.41) is 11.3. The topological polar surface area (TPSA) is 88.5 Å². The van der Waals surface area contributed by atoms with Crippen LogP contribution in [0.3, 0.4) is 0 Å². The summed E-state index contributed by atoms with van der Waals surface area (Å²) >= 11 is 0. The Kier molecular flexibility index (Phi) is 9.93. The smallest absolute Gasteiger partial charge is 0.181 e. The molecule has 0 aromatic heterocycles. The molecule has 6 rings (SSSR count). The predicted octanol–water partition coefficient (Wildman–Crippen LogP) is 8.91. The molecule has 5 nitrogen and oxygen atoms in total. The molecule has 3 saturated carbocycles. The Bertz CT molecular complexity index is 1710. The second kappa shape index (κ2) is 13.3. The van der Waals surface area contributed by atoms with Crippen molar-refractivity contribution in [2.75, 3.05) is 5.75 Å². The highest BCUT2D eigenvalue weighted by atomic mass is 32.2. The minimum atomic E-state index is -3.37. The summed E-state index contributed by atoms with van der Waals surface area (Å²) in [5.74, 6) is 2.43. The molecule has 0 bridgehead atoms. The van der Waals surface area contributed by atoms with Gasteiger partial charge in [-0.15, -0.1) is 0 Å². The first kappa shape index (κ1) is 35.9. The summed E-state index contributed by atoms with van der Waals surface area (Å²) < 4.78 is 53.3. The van der Waals surface area contributed by atoms with Gasteiger partial charge in [-0.25, -0.2) is 16.8 Å². The first-order valence-electron chi connectivity index (χ1n) is 18.5. The van der Waals surface area contributed by atoms with Gasteiger partial charge < -0.3 is 5.11 Å². The number of fused-ring (bicyclic) bond motifs is 5. The van der Waals surface area contributed by atoms with Crippen LogP contribution < -0.4 is 0 Å². The van der Waals surface area contributed by atoms with Gasteiger partial charge in [0.15, 0.2) is 19.7 Å². The van der Waals surface area contributed by atoms with Crippen LogP contribution in [-0.2, 0) is 19.7 Å². The number of hydrogen-bond acceptors (Lipinski definition) is 5. The maximum atomic E-state index is 13.6. The fourth-order valence-corrected chi connectivity index (χ4v) is 14.5. The average Bonchev–Trinajstić information content (AvgIpc) is 3.30. The highest BCUT2D eigenvalue weighted by Crippen LogP contribution is 2.67. The molecule has 0 amide bonds. The lowest BCUT2D eigenvalue weighted by atomic mass is 9.47. The molecule has 2 unspecified atom stereocenters. The van der Waals surface area contributed by atoms with Gasteiger partial charge in [-0.2, -0.15) is 0 Å². The zero-order valence-corrected chi connectivity index (χ0v) is 31.6. The molecule has 0 spiro atoms. The number of aliphatic hydroxyl groups is 1. The van der Waals surface area contributed by atoms with E-state index >= 15 is 0 Å². The molecule has 2 aromatic rings. The van der Waals surface area contributed by atoms with Crippen molar-refractivity contribution < 1.29 is 21.9 Å². The normalized spacial score (nSPS) is 34.8. The molecule has 4 aliphatic rings. The fourth-order valence-electron chi connectivity index (χ4n) is 11.2. The van der Waals surface area contributed by atoms with Gasteiger partial charge in [-0.3, -0.25) is 0 Å². The molecule has 4 aliphatic carbocycles. The van der Waals surface area contributed by atoms with Gasteiger partial charge in [0.2, 0.25) is 0 Å². The molecular formula is C41H58O5S2. The first-order chi connectivity index (χ1) is 22.6. The van der Waals surface area contributed by atoms with Crippen molar-refractivity contribution in [1.82, 2.24) is 0 Å². The van der Waals surface area contributed by atoms with E-state index in [0.717, 1.165) is 62.5 Å². The van der Waals surface area contributed by atoms with Gasteiger partial charge >= 0.3 is 0 Å². The van der Waals surface area contributed by atoms with Crippen LogP contribution in [0.15, 0.2) is 70.0 Å². The van der Waals surface area contributed by atoms with Crippen LogP contribution in [0.25, 0.3) is 0 Å². The van der Waals surface area contributed by atoms with E-state index < -0.39 is 19.7 Å². The van der Waals surface area contributed by atoms with E-state index in [1.165, 1.54) is 5.57 Å². The first-order valence-corrected chi connectivity index (χ1v) is 21.7. The zero-order valence-electron chi connectivity index (χ0n) is 30.0. The van der Waals surface area contributed by atoms with Gasteiger partial charge in [0.1, 0.15) is 0 Å². The summed E-state index contributed by atoms with van der Waals surface area (Å²) in [5.41, 5.74) is 3.62. The van der Waals surface area contributed by atoms with Crippen LogP contribution in [0.2, 0.25) is 0 Å². The van der Waals surface area contributed by atoms with Crippen LogP contribution >= 0.6 is 0 Å². The molecule has 264 valence electrons. The number of rotatable bonds is 10. The van der Waals surface area contributed by atoms with Gasteiger partial charge in [-0.05, 0) is 136 Å². The Labute approximate surface area is 290 Å². The molecule has 7 heteroatoms. The Morgan fingerprint density at radius 1 is 0.833 bits per heavy atom. The number of sulfone groups is 2. The molecule has 0 radical (unpaired) electrons. The van der Waals surface area contributed by atoms with Crippen LogP contribution in [0.4, 0.5) is 0 Å². The third-order valence-electron chi connectivity index (χ3n) is 13.8. The third-order valence-corrected chi connectivity index (χ3v) is 18.0. The van der Waals surface area contributed by atoms with E-state index in [-0.39, 0.29) is 39.8 Å². The van der Waals surface area contributed by atoms with Crippen molar-refractivity contribution in [2.24, 2.45) is 46.3 Å². The van der Waals surface area contributed by atoms with Crippen LogP contribution in [0.1, 0.15) is 103 Å². The van der Waals surface area contributed by atoms with Crippen molar-refractivity contribution in [2.45, 2.75) is 127 Å². The maximum Gasteiger partial charge on any atom is 0.181 e. The minimum absolute atomic E-state index is 0.0350. The number of benzene rings is 2. The summed E-state index contributed by atoms with van der Waals surface area (Å²) in [6, 6.07) is 14.5. The Hall–Kier alpha value is -1.96. The zero-order chi connectivity index (χ0) is 34.6. The SMILES string of the molecule is Cc1ccc(S(=O)(=O)CC(C)CCC[C@@H](C)[C@H]2[C@@H](O)C[C@H]3[C@@H]4CC=C5CC(S(=O)(=O)c6ccc(C)cc6)CC[C@]5(C)[C@H]4CC[C@]23C)cc1. The number of allylic oxidation sites excluding steroid dienone is 2. The monoisotopic (exact) mass is 694 g/mol. The van der Waals surface area contributed by atoms with E-state index in [1.807, 2.05) is 38.1 Å². The lowest BCUT2D eigenvalue weighted by molar-refractivity contribution is -0.0557. The Morgan fingerprint density at radius 3 is 2.10 bits per heavy atom. The van der Waals surface area contributed by atoms with Crippen LogP contribution in [-0.4, -0.2) is 39.0 Å². The average molecular weight is 695 g/mol. The molecular weight excluding hydrogens is 637 g/mol. The van der Waals surface area contributed by atoms with Crippen molar-refractivity contribution in [3.8, 4) is 0 Å². The number of aryl methyl sites for hydroxylation is 2. The van der Waals surface area contributed by atoms with Crippen molar-refractivity contribution in [3.63, 3.8) is 0 Å². The second-order valence-corrected chi connectivity index (χ2v) is 21.2. The molecule has 0 heterocycles. The quantitative estimate of drug-likeness (QED) is 0.251. The molecule has 1 N–H and O–H groups in total. The predicted molar refractivity (Wildman–Crippen MR) is 194 cm³/mol. The molecule has 3 fully saturated rings. The highest BCUT2D eigenvalue weighted by molar-refractivity contribution is 7.92.